The van der Waals surface area contributed by atoms with Gasteiger partial charge in [0.15, 0.2) is 0 Å². The molecule has 19 heavy (non-hydrogen) atoms. The number of rotatable bonds is 3. The van der Waals surface area contributed by atoms with Crippen LogP contribution in [0.1, 0.15) is 37.7 Å². The molecule has 1 aliphatic carbocycles. The number of phenols is 1. The molecule has 2 nitrogen and oxygen atoms in total. The van der Waals surface area contributed by atoms with E-state index >= 15 is 0 Å². The first-order valence-electron chi connectivity index (χ1n) is 5.90. The van der Waals surface area contributed by atoms with Gasteiger partial charge in [0.2, 0.25) is 0 Å². The summed E-state index contributed by atoms with van der Waals surface area (Å²) in [5.74, 6) is 1.13. The molecule has 0 spiro atoms. The van der Waals surface area contributed by atoms with Gasteiger partial charge in [-0.15, -0.1) is 12.1 Å². The predicted molar refractivity (Wildman–Crippen MR) is 73.9 cm³/mol. The first-order chi connectivity index (χ1) is 8.22. The van der Waals surface area contributed by atoms with Gasteiger partial charge in [-0.3, -0.25) is 0 Å². The second kappa shape index (κ2) is 8.81. The fourth-order valence-corrected chi connectivity index (χ4v) is 2.38. The monoisotopic (exact) mass is 381 g/mol. The Balaban J connectivity index is 0.00000162. The van der Waals surface area contributed by atoms with Gasteiger partial charge in [0.05, 0.1) is 6.26 Å². The van der Waals surface area contributed by atoms with Crippen LogP contribution in [0.2, 0.25) is 0 Å². The second-order valence-corrected chi connectivity index (χ2v) is 4.41. The van der Waals surface area contributed by atoms with Gasteiger partial charge in [-0.2, -0.15) is 6.07 Å². The molecule has 1 aromatic rings. The Hall–Kier alpha value is -0.271. The molecule has 1 unspecified atom stereocenters. The SMILES string of the molecule is C=COc1c[c-]cc(O)c1C1C=C(C)CCC1.[B].[Pr]. The molecule has 0 saturated heterocycles. The van der Waals surface area contributed by atoms with Crippen molar-refractivity contribution in [2.75, 3.05) is 0 Å². The summed E-state index contributed by atoms with van der Waals surface area (Å²) in [5, 5.41) is 9.98. The van der Waals surface area contributed by atoms with E-state index in [9.17, 15) is 5.11 Å². The summed E-state index contributed by atoms with van der Waals surface area (Å²) < 4.78 is 5.35. The summed E-state index contributed by atoms with van der Waals surface area (Å²) in [6.07, 6.45) is 6.94. The summed E-state index contributed by atoms with van der Waals surface area (Å²) in [7, 11) is 0. The van der Waals surface area contributed by atoms with Crippen molar-refractivity contribution in [2.45, 2.75) is 32.1 Å². The number of ether oxygens (including phenoxy) is 1. The summed E-state index contributed by atoms with van der Waals surface area (Å²) in [6.45, 7) is 5.68. The normalized spacial score (nSPS) is 17.5. The molecule has 0 fully saturated rings. The van der Waals surface area contributed by atoms with Crippen molar-refractivity contribution in [2.24, 2.45) is 0 Å². The molecule has 96 valence electrons. The van der Waals surface area contributed by atoms with E-state index in [4.69, 9.17) is 4.74 Å². The standard InChI is InChI=1S/C15H17O2.B.Pr/c1-3-17-14-9-5-8-13(16)15(14)12-7-4-6-11(2)10-12;;/h3,8-10,12,16H,1,4,6-7H2,2H3;;/q-1;;. The van der Waals surface area contributed by atoms with Crippen molar-refractivity contribution >= 4 is 8.41 Å². The van der Waals surface area contributed by atoms with Gasteiger partial charge in [-0.05, 0) is 32.1 Å². The largest absolute Gasteiger partial charge is 0.565 e. The van der Waals surface area contributed by atoms with Crippen molar-refractivity contribution in [1.82, 2.24) is 0 Å². The number of allylic oxidation sites excluding steroid dienone is 2. The third-order valence-electron chi connectivity index (χ3n) is 3.13. The molecule has 1 N–H and O–H groups in total. The molecule has 2 rings (SSSR count). The maximum Gasteiger partial charge on any atom is 0.0662 e. The minimum atomic E-state index is 0. The van der Waals surface area contributed by atoms with Crippen molar-refractivity contribution in [3.05, 3.63) is 48.3 Å². The number of benzene rings is 1. The average Bonchev–Trinajstić information content (AvgIpc) is 2.29. The Morgan fingerprint density at radius 2 is 2.21 bits per heavy atom. The van der Waals surface area contributed by atoms with Gasteiger partial charge in [0, 0.05) is 61.2 Å². The number of phenolic OH excluding ortho intramolecular Hbond substituents is 1. The molecular weight excluding hydrogens is 364 g/mol. The Morgan fingerprint density at radius 1 is 1.47 bits per heavy atom. The Labute approximate surface area is 150 Å². The van der Waals surface area contributed by atoms with E-state index in [0.717, 1.165) is 24.8 Å². The summed E-state index contributed by atoms with van der Waals surface area (Å²) >= 11 is 0. The fraction of sp³-hybridized carbons (Fsp3) is 0.333. The van der Waals surface area contributed by atoms with Crippen LogP contribution in [0, 0.1) is 47.4 Å². The van der Waals surface area contributed by atoms with Gasteiger partial charge < -0.3 is 9.84 Å². The van der Waals surface area contributed by atoms with Crippen molar-refractivity contribution in [1.29, 1.82) is 0 Å². The number of aromatic hydroxyl groups is 1. The molecule has 0 saturated carbocycles. The average molecular weight is 381 g/mol. The van der Waals surface area contributed by atoms with Crippen molar-refractivity contribution < 1.29 is 51.1 Å². The van der Waals surface area contributed by atoms with Gasteiger partial charge in [-0.25, -0.2) is 0 Å². The quantitative estimate of drug-likeness (QED) is 0.376. The molecular formula is C15H17BO2Pr-. The van der Waals surface area contributed by atoms with E-state index in [1.54, 1.807) is 12.1 Å². The van der Waals surface area contributed by atoms with E-state index in [-0.39, 0.29) is 61.4 Å². The minimum Gasteiger partial charge on any atom is -0.565 e. The van der Waals surface area contributed by atoms with Crippen LogP contribution in [0.5, 0.6) is 11.5 Å². The zero-order chi connectivity index (χ0) is 12.3. The summed E-state index contributed by atoms with van der Waals surface area (Å²) in [5.41, 5.74) is 2.22. The molecule has 0 aliphatic heterocycles. The fourth-order valence-electron chi connectivity index (χ4n) is 2.38. The molecule has 4 radical (unpaired) electrons. The molecule has 4 heteroatoms. The molecule has 1 aromatic carbocycles. The third-order valence-corrected chi connectivity index (χ3v) is 3.13. The van der Waals surface area contributed by atoms with Crippen LogP contribution in [0.3, 0.4) is 0 Å². The van der Waals surface area contributed by atoms with Crippen LogP contribution in [0.4, 0.5) is 0 Å². The van der Waals surface area contributed by atoms with E-state index in [0.29, 0.717) is 5.75 Å². The van der Waals surface area contributed by atoms with Gasteiger partial charge in [0.25, 0.3) is 0 Å². The topological polar surface area (TPSA) is 29.5 Å². The maximum absolute atomic E-state index is 9.98. The van der Waals surface area contributed by atoms with E-state index < -0.39 is 0 Å². The third kappa shape index (κ3) is 4.64. The van der Waals surface area contributed by atoms with Crippen molar-refractivity contribution in [3.8, 4) is 11.5 Å². The molecule has 1 aliphatic rings. The zero-order valence-electron chi connectivity index (χ0n) is 11.2. The minimum absolute atomic E-state index is 0. The molecule has 0 amide bonds. The van der Waals surface area contributed by atoms with Crippen molar-refractivity contribution in [3.63, 3.8) is 0 Å². The van der Waals surface area contributed by atoms with E-state index in [1.807, 2.05) is 0 Å². The van der Waals surface area contributed by atoms with E-state index in [1.165, 1.54) is 11.8 Å². The first-order valence-corrected chi connectivity index (χ1v) is 5.90. The van der Waals surface area contributed by atoms with Crippen LogP contribution in [0.15, 0.2) is 36.6 Å². The van der Waals surface area contributed by atoms with Gasteiger partial charge >= 0.3 is 0 Å². The zero-order valence-corrected chi connectivity index (χ0v) is 14.9. The van der Waals surface area contributed by atoms with Crippen LogP contribution in [-0.2, 0) is 0 Å². The number of hydrogen-bond acceptors (Lipinski definition) is 2. The first kappa shape index (κ1) is 18.7. The smallest absolute Gasteiger partial charge is 0.0662 e. The maximum atomic E-state index is 9.98. The Bertz CT molecular complexity index is 457. The summed E-state index contributed by atoms with van der Waals surface area (Å²) in [6, 6.07) is 6.19. The van der Waals surface area contributed by atoms with Crippen LogP contribution < -0.4 is 4.74 Å². The predicted octanol–water partition coefficient (Wildman–Crippen LogP) is 3.55. The number of hydrogen-bond donors (Lipinski definition) is 1. The van der Waals surface area contributed by atoms with Gasteiger partial charge in [0.1, 0.15) is 0 Å². The second-order valence-electron chi connectivity index (χ2n) is 4.41. The Morgan fingerprint density at radius 3 is 2.84 bits per heavy atom. The molecule has 1 atom stereocenters. The van der Waals surface area contributed by atoms with Crippen LogP contribution in [0.25, 0.3) is 0 Å². The van der Waals surface area contributed by atoms with Gasteiger partial charge in [-0.1, -0.05) is 23.8 Å². The molecule has 0 bridgehead atoms. The molecule has 0 aromatic heterocycles. The molecule has 0 heterocycles. The van der Waals surface area contributed by atoms with E-state index in [2.05, 4.69) is 25.6 Å². The Kier molecular flexibility index (Phi) is 8.69. The summed E-state index contributed by atoms with van der Waals surface area (Å²) in [4.78, 5) is 0. The van der Waals surface area contributed by atoms with Crippen LogP contribution >= 0.6 is 0 Å². The van der Waals surface area contributed by atoms with Crippen LogP contribution in [-0.4, -0.2) is 13.5 Å².